The third-order valence-electron chi connectivity index (χ3n) is 3.55. The zero-order chi connectivity index (χ0) is 14.4. The van der Waals surface area contributed by atoms with Gasteiger partial charge in [0.15, 0.2) is 5.78 Å². The summed E-state index contributed by atoms with van der Waals surface area (Å²) in [5, 5.41) is 9.90. The maximum Gasteiger partial charge on any atom is 0.163 e. The van der Waals surface area contributed by atoms with Crippen molar-refractivity contribution in [3.05, 3.63) is 28.8 Å². The molecule has 0 saturated heterocycles. The Kier molecular flexibility index (Phi) is 6.07. The molecule has 1 N–H and O–H groups in total. The highest BCUT2D eigenvalue weighted by Crippen LogP contribution is 2.29. The summed E-state index contributed by atoms with van der Waals surface area (Å²) in [5.41, 5.74) is 2.52. The van der Waals surface area contributed by atoms with Crippen LogP contribution in [0, 0.1) is 6.92 Å². The van der Waals surface area contributed by atoms with E-state index in [1.165, 1.54) is 12.8 Å². The molecule has 1 aromatic carbocycles. The molecule has 0 aromatic heterocycles. The minimum atomic E-state index is 0.204. The van der Waals surface area contributed by atoms with Gasteiger partial charge in [-0.2, -0.15) is 0 Å². The van der Waals surface area contributed by atoms with Gasteiger partial charge >= 0.3 is 0 Å². The number of benzene rings is 1. The first kappa shape index (κ1) is 15.7. The zero-order valence-corrected chi connectivity index (χ0v) is 12.6. The third-order valence-corrected chi connectivity index (χ3v) is 3.55. The zero-order valence-electron chi connectivity index (χ0n) is 12.6. The first-order valence-electron chi connectivity index (χ1n) is 7.34. The lowest BCUT2D eigenvalue weighted by Crippen LogP contribution is -2.04. The fraction of sp³-hybridized carbons (Fsp3) is 0.588. The molecule has 0 aliphatic rings. The van der Waals surface area contributed by atoms with Gasteiger partial charge in [0.25, 0.3) is 0 Å². The number of phenols is 1. The molecule has 0 amide bonds. The summed E-state index contributed by atoms with van der Waals surface area (Å²) in [7, 11) is 0. The number of hydrogen-bond acceptors (Lipinski definition) is 2. The number of aryl methyl sites for hydroxylation is 1. The number of carbonyl (C=O) groups excluding carboxylic acids is 1. The van der Waals surface area contributed by atoms with E-state index in [0.717, 1.165) is 29.5 Å². The average molecular weight is 262 g/mol. The smallest absolute Gasteiger partial charge is 0.163 e. The van der Waals surface area contributed by atoms with Crippen LogP contribution in [0.1, 0.15) is 80.3 Å². The largest absolute Gasteiger partial charge is 0.508 e. The first-order chi connectivity index (χ1) is 8.97. The highest BCUT2D eigenvalue weighted by molar-refractivity contribution is 5.97. The molecule has 0 aliphatic carbocycles. The third kappa shape index (κ3) is 4.38. The fourth-order valence-corrected chi connectivity index (χ4v) is 2.32. The molecular formula is C17H26O2. The molecule has 19 heavy (non-hydrogen) atoms. The Labute approximate surface area is 116 Å². The number of ketones is 1. The van der Waals surface area contributed by atoms with Crippen molar-refractivity contribution >= 4 is 5.78 Å². The van der Waals surface area contributed by atoms with Crippen molar-refractivity contribution in [2.75, 3.05) is 0 Å². The topological polar surface area (TPSA) is 37.3 Å². The highest BCUT2D eigenvalue weighted by atomic mass is 16.3. The van der Waals surface area contributed by atoms with Crippen molar-refractivity contribution in [3.63, 3.8) is 0 Å². The molecular weight excluding hydrogens is 236 g/mol. The van der Waals surface area contributed by atoms with Crippen molar-refractivity contribution in [2.45, 2.75) is 65.7 Å². The number of Topliss-reactive ketones (excluding diaryl/α,β-unsaturated/α-hetero) is 1. The van der Waals surface area contributed by atoms with E-state index in [-0.39, 0.29) is 11.7 Å². The van der Waals surface area contributed by atoms with E-state index < -0.39 is 0 Å². The quantitative estimate of drug-likeness (QED) is 0.556. The van der Waals surface area contributed by atoms with Crippen LogP contribution in [0.2, 0.25) is 0 Å². The van der Waals surface area contributed by atoms with Gasteiger partial charge in [0.1, 0.15) is 5.75 Å². The van der Waals surface area contributed by atoms with Gasteiger partial charge in [0.2, 0.25) is 0 Å². The normalized spacial score (nSPS) is 11.0. The highest BCUT2D eigenvalue weighted by Gasteiger charge is 2.14. The van der Waals surface area contributed by atoms with Crippen LogP contribution < -0.4 is 0 Å². The molecule has 2 nitrogen and oxygen atoms in total. The van der Waals surface area contributed by atoms with Gasteiger partial charge < -0.3 is 5.11 Å². The summed E-state index contributed by atoms with van der Waals surface area (Å²) in [6, 6.07) is 3.59. The molecule has 0 radical (unpaired) electrons. The maximum absolute atomic E-state index is 12.2. The van der Waals surface area contributed by atoms with Crippen molar-refractivity contribution < 1.29 is 9.90 Å². The summed E-state index contributed by atoms with van der Waals surface area (Å²) >= 11 is 0. The molecule has 0 atom stereocenters. The standard InChI is InChI=1S/C17H26O2/c1-5-6-7-8-9-16(18)15-11-14(12(2)3)17(19)10-13(15)4/h10-12,19H,5-9H2,1-4H3. The van der Waals surface area contributed by atoms with Crippen LogP contribution in [0.15, 0.2) is 12.1 Å². The Hall–Kier alpha value is -1.31. The summed E-state index contributed by atoms with van der Waals surface area (Å²) < 4.78 is 0. The summed E-state index contributed by atoms with van der Waals surface area (Å²) in [6.07, 6.45) is 5.08. The number of rotatable bonds is 7. The average Bonchev–Trinajstić information content (AvgIpc) is 2.34. The number of unbranched alkanes of at least 4 members (excludes halogenated alkanes) is 3. The molecule has 0 spiro atoms. The predicted octanol–water partition coefficient (Wildman–Crippen LogP) is 4.98. The second-order valence-electron chi connectivity index (χ2n) is 5.61. The van der Waals surface area contributed by atoms with Crippen molar-refractivity contribution in [3.8, 4) is 5.75 Å². The van der Waals surface area contributed by atoms with E-state index >= 15 is 0 Å². The summed E-state index contributed by atoms with van der Waals surface area (Å²) in [4.78, 5) is 12.2. The number of aromatic hydroxyl groups is 1. The molecule has 106 valence electrons. The van der Waals surface area contributed by atoms with Gasteiger partial charge in [-0.1, -0.05) is 40.0 Å². The van der Waals surface area contributed by atoms with Gasteiger partial charge in [0, 0.05) is 12.0 Å². The number of phenolic OH excluding ortho intramolecular Hbond substituents is 1. The molecule has 1 aromatic rings. The number of hydrogen-bond donors (Lipinski definition) is 1. The Morgan fingerprint density at radius 2 is 1.89 bits per heavy atom. The molecule has 0 fully saturated rings. The SMILES string of the molecule is CCCCCCC(=O)c1cc(C(C)C)c(O)cc1C. The lowest BCUT2D eigenvalue weighted by atomic mass is 9.93. The first-order valence-corrected chi connectivity index (χ1v) is 7.34. The van der Waals surface area contributed by atoms with E-state index in [1.54, 1.807) is 6.07 Å². The molecule has 0 unspecified atom stereocenters. The van der Waals surface area contributed by atoms with E-state index in [4.69, 9.17) is 0 Å². The second-order valence-corrected chi connectivity index (χ2v) is 5.61. The molecule has 0 heterocycles. The lowest BCUT2D eigenvalue weighted by molar-refractivity contribution is 0.0978. The Bertz CT molecular complexity index is 433. The van der Waals surface area contributed by atoms with Crippen molar-refractivity contribution in [2.24, 2.45) is 0 Å². The minimum Gasteiger partial charge on any atom is -0.508 e. The van der Waals surface area contributed by atoms with Crippen LogP contribution >= 0.6 is 0 Å². The van der Waals surface area contributed by atoms with Crippen LogP contribution in [-0.2, 0) is 0 Å². The van der Waals surface area contributed by atoms with E-state index in [9.17, 15) is 9.90 Å². The van der Waals surface area contributed by atoms with Gasteiger partial charge in [-0.05, 0) is 42.5 Å². The van der Waals surface area contributed by atoms with E-state index in [0.29, 0.717) is 12.2 Å². The molecule has 2 heteroatoms. The molecule has 0 bridgehead atoms. The second kappa shape index (κ2) is 7.32. The molecule has 1 rings (SSSR count). The minimum absolute atomic E-state index is 0.204. The predicted molar refractivity (Wildman–Crippen MR) is 80.0 cm³/mol. The Balaban J connectivity index is 2.81. The van der Waals surface area contributed by atoms with Crippen LogP contribution in [0.5, 0.6) is 5.75 Å². The van der Waals surface area contributed by atoms with Gasteiger partial charge in [-0.25, -0.2) is 0 Å². The summed E-state index contributed by atoms with van der Waals surface area (Å²) in [6.45, 7) is 8.11. The lowest BCUT2D eigenvalue weighted by Gasteiger charge is -2.13. The van der Waals surface area contributed by atoms with E-state index in [1.807, 2.05) is 26.8 Å². The van der Waals surface area contributed by atoms with Crippen LogP contribution in [-0.4, -0.2) is 10.9 Å². The number of carbonyl (C=O) groups is 1. The van der Waals surface area contributed by atoms with Crippen LogP contribution in [0.4, 0.5) is 0 Å². The van der Waals surface area contributed by atoms with E-state index in [2.05, 4.69) is 6.92 Å². The van der Waals surface area contributed by atoms with Crippen LogP contribution in [0.25, 0.3) is 0 Å². The monoisotopic (exact) mass is 262 g/mol. The van der Waals surface area contributed by atoms with Gasteiger partial charge in [-0.3, -0.25) is 4.79 Å². The fourth-order valence-electron chi connectivity index (χ4n) is 2.32. The van der Waals surface area contributed by atoms with Crippen molar-refractivity contribution in [1.29, 1.82) is 0 Å². The Morgan fingerprint density at radius 3 is 2.47 bits per heavy atom. The maximum atomic E-state index is 12.2. The van der Waals surface area contributed by atoms with Gasteiger partial charge in [0.05, 0.1) is 0 Å². The molecule has 0 aliphatic heterocycles. The van der Waals surface area contributed by atoms with Crippen molar-refractivity contribution in [1.82, 2.24) is 0 Å². The molecule has 0 saturated carbocycles. The van der Waals surface area contributed by atoms with Crippen LogP contribution in [0.3, 0.4) is 0 Å². The Morgan fingerprint density at radius 1 is 1.21 bits per heavy atom. The summed E-state index contributed by atoms with van der Waals surface area (Å²) in [5.74, 6) is 0.734. The van der Waals surface area contributed by atoms with Gasteiger partial charge in [-0.15, -0.1) is 0 Å².